The third kappa shape index (κ3) is 3.42. The number of nitrogens with zero attached hydrogens (tertiary/aromatic N) is 1. The maximum Gasteiger partial charge on any atom is 0.323 e. The summed E-state index contributed by atoms with van der Waals surface area (Å²) in [5.41, 5.74) is 0. The van der Waals surface area contributed by atoms with Gasteiger partial charge in [0.25, 0.3) is 0 Å². The highest BCUT2D eigenvalue weighted by molar-refractivity contribution is 5.83. The van der Waals surface area contributed by atoms with Gasteiger partial charge in [-0.1, -0.05) is 0 Å². The minimum Gasteiger partial charge on any atom is -0.480 e. The van der Waals surface area contributed by atoms with E-state index in [-0.39, 0.29) is 44.2 Å². The van der Waals surface area contributed by atoms with Crippen LogP contribution >= 0.6 is 0 Å². The Morgan fingerprint density at radius 3 is 2.16 bits per heavy atom. The summed E-state index contributed by atoms with van der Waals surface area (Å²) in [5, 5.41) is 8.87. The van der Waals surface area contributed by atoms with Gasteiger partial charge in [0.2, 0.25) is 11.8 Å². The lowest BCUT2D eigenvalue weighted by atomic mass is 9.84. The smallest absolute Gasteiger partial charge is 0.323 e. The van der Waals surface area contributed by atoms with Crippen LogP contribution in [0.3, 0.4) is 0 Å². The van der Waals surface area contributed by atoms with E-state index in [0.717, 1.165) is 19.3 Å². The van der Waals surface area contributed by atoms with Gasteiger partial charge in [0.15, 0.2) is 0 Å². The SMILES string of the molecule is O=C(O)CN(C(=O)C1CCC(F)(F)CC1)C1CCC1. The zero-order valence-electron chi connectivity index (χ0n) is 10.8. The van der Waals surface area contributed by atoms with Crippen molar-refractivity contribution in [1.29, 1.82) is 0 Å². The van der Waals surface area contributed by atoms with Gasteiger partial charge >= 0.3 is 5.97 Å². The normalized spacial score (nSPS) is 23.7. The third-order valence-corrected chi connectivity index (χ3v) is 4.17. The van der Waals surface area contributed by atoms with Gasteiger partial charge < -0.3 is 10.0 Å². The van der Waals surface area contributed by atoms with Gasteiger partial charge in [-0.2, -0.15) is 0 Å². The van der Waals surface area contributed by atoms with Gasteiger partial charge in [0, 0.05) is 24.8 Å². The van der Waals surface area contributed by atoms with E-state index in [0.29, 0.717) is 0 Å². The Labute approximate surface area is 110 Å². The molecule has 4 nitrogen and oxygen atoms in total. The molecule has 1 N–H and O–H groups in total. The van der Waals surface area contributed by atoms with Gasteiger partial charge in [0.05, 0.1) is 0 Å². The highest BCUT2D eigenvalue weighted by atomic mass is 19.3. The van der Waals surface area contributed by atoms with Crippen LogP contribution in [0.15, 0.2) is 0 Å². The molecule has 2 rings (SSSR count). The molecule has 0 atom stereocenters. The molecule has 0 aliphatic heterocycles. The summed E-state index contributed by atoms with van der Waals surface area (Å²) in [5.74, 6) is -4.38. The minimum atomic E-state index is -2.66. The second-order valence-corrected chi connectivity index (χ2v) is 5.57. The monoisotopic (exact) mass is 275 g/mol. The zero-order valence-corrected chi connectivity index (χ0v) is 10.8. The van der Waals surface area contributed by atoms with Crippen molar-refractivity contribution in [2.45, 2.75) is 56.9 Å². The molecule has 0 bridgehead atoms. The van der Waals surface area contributed by atoms with E-state index in [1.165, 1.54) is 4.90 Å². The van der Waals surface area contributed by atoms with Gasteiger partial charge in [-0.25, -0.2) is 8.78 Å². The van der Waals surface area contributed by atoms with E-state index in [4.69, 9.17) is 5.11 Å². The number of carboxylic acid groups (broad SMARTS) is 1. The van der Waals surface area contributed by atoms with Gasteiger partial charge in [0.1, 0.15) is 6.54 Å². The molecule has 0 aromatic carbocycles. The first-order valence-corrected chi connectivity index (χ1v) is 6.79. The van der Waals surface area contributed by atoms with Crippen molar-refractivity contribution in [3.05, 3.63) is 0 Å². The van der Waals surface area contributed by atoms with Crippen LogP contribution in [-0.2, 0) is 9.59 Å². The topological polar surface area (TPSA) is 57.6 Å². The first-order valence-electron chi connectivity index (χ1n) is 6.79. The van der Waals surface area contributed by atoms with Crippen LogP contribution in [0, 0.1) is 5.92 Å². The van der Waals surface area contributed by atoms with Crippen LogP contribution in [0.2, 0.25) is 0 Å². The Kier molecular flexibility index (Phi) is 4.06. The Balaban J connectivity index is 1.97. The molecule has 6 heteroatoms. The van der Waals surface area contributed by atoms with Crippen LogP contribution in [0.25, 0.3) is 0 Å². The lowest BCUT2D eigenvalue weighted by Gasteiger charge is -2.39. The summed E-state index contributed by atoms with van der Waals surface area (Å²) >= 11 is 0. The number of rotatable bonds is 4. The van der Waals surface area contributed by atoms with E-state index >= 15 is 0 Å². The molecule has 2 saturated carbocycles. The van der Waals surface area contributed by atoms with E-state index < -0.39 is 17.8 Å². The van der Waals surface area contributed by atoms with E-state index in [9.17, 15) is 18.4 Å². The van der Waals surface area contributed by atoms with Crippen molar-refractivity contribution in [1.82, 2.24) is 4.90 Å². The number of amides is 1. The molecule has 0 radical (unpaired) electrons. The quantitative estimate of drug-likeness (QED) is 0.856. The average molecular weight is 275 g/mol. The van der Waals surface area contributed by atoms with Crippen LogP contribution in [0.1, 0.15) is 44.9 Å². The largest absolute Gasteiger partial charge is 0.480 e. The first-order chi connectivity index (χ1) is 8.89. The molecular weight excluding hydrogens is 256 g/mol. The molecule has 2 aliphatic rings. The van der Waals surface area contributed by atoms with E-state index in [1.54, 1.807) is 0 Å². The maximum atomic E-state index is 13.1. The average Bonchev–Trinajstić information content (AvgIpc) is 2.24. The van der Waals surface area contributed by atoms with Gasteiger partial charge in [-0.05, 0) is 32.1 Å². The van der Waals surface area contributed by atoms with Crippen molar-refractivity contribution in [2.75, 3.05) is 6.54 Å². The fourth-order valence-electron chi connectivity index (χ4n) is 2.75. The molecule has 19 heavy (non-hydrogen) atoms. The Morgan fingerprint density at radius 1 is 1.16 bits per heavy atom. The lowest BCUT2D eigenvalue weighted by molar-refractivity contribution is -0.152. The van der Waals surface area contributed by atoms with Crippen LogP contribution in [-0.4, -0.2) is 40.4 Å². The Hall–Kier alpha value is -1.20. The summed E-state index contributed by atoms with van der Waals surface area (Å²) in [4.78, 5) is 24.5. The number of carbonyl (C=O) groups is 2. The van der Waals surface area contributed by atoms with Crippen molar-refractivity contribution in [2.24, 2.45) is 5.92 Å². The highest BCUT2D eigenvalue weighted by Gasteiger charge is 2.40. The fraction of sp³-hybridized carbons (Fsp3) is 0.846. The standard InChI is InChI=1S/C13H19F2NO3/c14-13(15)6-4-9(5-7-13)12(19)16(8-11(17)18)10-2-1-3-10/h9-10H,1-8H2,(H,17,18). The molecule has 0 aromatic heterocycles. The van der Waals surface area contributed by atoms with Gasteiger partial charge in [-0.15, -0.1) is 0 Å². The number of hydrogen-bond donors (Lipinski definition) is 1. The van der Waals surface area contributed by atoms with Crippen molar-refractivity contribution < 1.29 is 23.5 Å². The molecule has 108 valence electrons. The number of alkyl halides is 2. The van der Waals surface area contributed by atoms with E-state index in [1.807, 2.05) is 0 Å². The molecular formula is C13H19F2NO3. The summed E-state index contributed by atoms with van der Waals surface area (Å²) < 4.78 is 26.1. The Morgan fingerprint density at radius 2 is 1.74 bits per heavy atom. The molecule has 1 amide bonds. The number of aliphatic carboxylic acids is 1. The molecule has 2 aliphatic carbocycles. The highest BCUT2D eigenvalue weighted by Crippen LogP contribution is 2.38. The zero-order chi connectivity index (χ0) is 14.0. The molecule has 0 saturated heterocycles. The second-order valence-electron chi connectivity index (χ2n) is 5.57. The molecule has 0 unspecified atom stereocenters. The number of hydrogen-bond acceptors (Lipinski definition) is 2. The number of halogens is 2. The molecule has 2 fully saturated rings. The predicted molar refractivity (Wildman–Crippen MR) is 63.9 cm³/mol. The molecule has 0 spiro atoms. The van der Waals surface area contributed by atoms with Crippen LogP contribution in [0.4, 0.5) is 8.78 Å². The summed E-state index contributed by atoms with van der Waals surface area (Å²) in [6, 6.07) is -0.00830. The molecule has 0 aromatic rings. The Bertz CT molecular complexity index is 359. The molecule has 0 heterocycles. The second kappa shape index (κ2) is 5.43. The van der Waals surface area contributed by atoms with Crippen LogP contribution in [0.5, 0.6) is 0 Å². The summed E-state index contributed by atoms with van der Waals surface area (Å²) in [6.45, 7) is -0.309. The van der Waals surface area contributed by atoms with Crippen molar-refractivity contribution in [3.8, 4) is 0 Å². The predicted octanol–water partition coefficient (Wildman–Crippen LogP) is 2.28. The number of carbonyl (C=O) groups excluding carboxylic acids is 1. The van der Waals surface area contributed by atoms with Crippen molar-refractivity contribution in [3.63, 3.8) is 0 Å². The minimum absolute atomic E-state index is 0.00830. The van der Waals surface area contributed by atoms with Crippen LogP contribution < -0.4 is 0 Å². The summed E-state index contributed by atoms with van der Waals surface area (Å²) in [7, 11) is 0. The van der Waals surface area contributed by atoms with Crippen molar-refractivity contribution >= 4 is 11.9 Å². The summed E-state index contributed by atoms with van der Waals surface area (Å²) in [6.07, 6.45) is 2.42. The maximum absolute atomic E-state index is 13.1. The fourth-order valence-corrected chi connectivity index (χ4v) is 2.75. The third-order valence-electron chi connectivity index (χ3n) is 4.17. The van der Waals surface area contributed by atoms with E-state index in [2.05, 4.69) is 0 Å². The first kappa shape index (κ1) is 14.2. The number of carboxylic acids is 1. The van der Waals surface area contributed by atoms with Gasteiger partial charge in [-0.3, -0.25) is 9.59 Å². The lowest BCUT2D eigenvalue weighted by Crippen LogP contribution is -2.50.